The molecule has 0 rings (SSSR count). The third-order valence-electron chi connectivity index (χ3n) is 12.8. The van der Waals surface area contributed by atoms with Crippen molar-refractivity contribution in [2.75, 3.05) is 13.2 Å². The number of hydrogen-bond donors (Lipinski definition) is 0. The second kappa shape index (κ2) is 68.5. The summed E-state index contributed by atoms with van der Waals surface area (Å²) < 4.78 is 16.8. The summed E-state index contributed by atoms with van der Waals surface area (Å²) in [6, 6.07) is 0. The Morgan fingerprint density at radius 3 is 0.711 bits per heavy atom. The lowest BCUT2D eigenvalue weighted by Gasteiger charge is -2.18. The van der Waals surface area contributed by atoms with Crippen LogP contribution < -0.4 is 0 Å². The Morgan fingerprint density at radius 1 is 0.241 bits per heavy atom. The zero-order chi connectivity index (χ0) is 59.9. The Bertz CT molecular complexity index is 2030. The fourth-order valence-corrected chi connectivity index (χ4v) is 8.01. The van der Waals surface area contributed by atoms with E-state index in [4.69, 9.17) is 14.2 Å². The SMILES string of the molecule is CC/C=C\C/C=C\C/C=C\C/C=C\C/C=C\C/C=C\C/C=C\C/C=C\CCCCCCCCC(=O)OCC(COC(=O)CCCCCC/C=C\C/C=C\C/C=C\C/C=C\CC)OC(=O)CCC/C=C\C/C=C\C/C=C\C/C=C\C/C=C\CC. The first kappa shape index (κ1) is 77.0. The highest BCUT2D eigenvalue weighted by Gasteiger charge is 2.19. The molecule has 1 unspecified atom stereocenters. The molecule has 0 heterocycles. The molecule has 83 heavy (non-hydrogen) atoms. The monoisotopic (exact) mass is 1140 g/mol. The summed E-state index contributed by atoms with van der Waals surface area (Å²) in [4.78, 5) is 38.3. The minimum atomic E-state index is -0.839. The normalized spacial score (nSPS) is 13.5. The van der Waals surface area contributed by atoms with Gasteiger partial charge in [-0.3, -0.25) is 14.4 Å². The van der Waals surface area contributed by atoms with Crippen LogP contribution >= 0.6 is 0 Å². The van der Waals surface area contributed by atoms with E-state index < -0.39 is 6.10 Å². The van der Waals surface area contributed by atoms with Crippen LogP contribution in [0.5, 0.6) is 0 Å². The maximum absolute atomic E-state index is 12.9. The molecule has 0 N–H and O–H groups in total. The molecule has 0 radical (unpaired) electrons. The standard InChI is InChI=1S/C77H116O6/c1-4-7-10-13-16-19-22-25-28-31-32-33-34-35-36-37-38-39-40-41-42-43-44-47-49-52-55-58-61-64-67-70-76(79)82-73-74(83-77(80)71-68-65-62-59-56-53-50-46-30-27-24-21-18-15-12-9-6-3)72-81-75(78)69-66-63-60-57-54-51-48-45-29-26-23-20-17-14-11-8-5-2/h7-12,16-21,25-30,32-33,35-36,38-39,41-42,44,47-48,50-51,53,59,62,74H,4-6,13-15,22-24,31,34,37,40,43,45-46,49,52,54-58,60-61,63-73H2,1-3H3/b10-7-,11-8-,12-9-,19-16-,20-17-,21-18-,28-25-,29-26-,30-27-,33-32-,36-35-,39-38-,42-41-,47-44-,51-48-,53-50-,62-59-. The van der Waals surface area contributed by atoms with Crippen molar-refractivity contribution in [3.63, 3.8) is 0 Å². The van der Waals surface area contributed by atoms with Gasteiger partial charge in [0.15, 0.2) is 6.10 Å². The van der Waals surface area contributed by atoms with Gasteiger partial charge in [-0.25, -0.2) is 0 Å². The third kappa shape index (κ3) is 66.7. The minimum Gasteiger partial charge on any atom is -0.462 e. The molecular formula is C77H116O6. The third-order valence-corrected chi connectivity index (χ3v) is 12.8. The van der Waals surface area contributed by atoms with Gasteiger partial charge in [-0.1, -0.05) is 266 Å². The second-order valence-electron chi connectivity index (χ2n) is 20.5. The molecule has 0 spiro atoms. The summed E-state index contributed by atoms with van der Waals surface area (Å²) in [6.07, 6.45) is 106. The first-order valence-corrected chi connectivity index (χ1v) is 32.6. The van der Waals surface area contributed by atoms with Crippen LogP contribution in [0.1, 0.15) is 239 Å². The molecule has 0 bridgehead atoms. The van der Waals surface area contributed by atoms with Crippen LogP contribution in [0.15, 0.2) is 207 Å². The van der Waals surface area contributed by atoms with E-state index in [1.165, 1.54) is 12.8 Å². The molecule has 460 valence electrons. The Balaban J connectivity index is 4.50. The topological polar surface area (TPSA) is 78.9 Å². The number of rotatable bonds is 56. The summed E-state index contributed by atoms with van der Waals surface area (Å²) >= 11 is 0. The minimum absolute atomic E-state index is 0.128. The number of carbonyl (C=O) groups is 3. The molecule has 0 aliphatic rings. The van der Waals surface area contributed by atoms with E-state index in [9.17, 15) is 14.4 Å². The van der Waals surface area contributed by atoms with Crippen LogP contribution in [0, 0.1) is 0 Å². The number of ether oxygens (including phenoxy) is 3. The Morgan fingerprint density at radius 2 is 0.446 bits per heavy atom. The fourth-order valence-electron chi connectivity index (χ4n) is 8.01. The van der Waals surface area contributed by atoms with Gasteiger partial charge in [0.1, 0.15) is 13.2 Å². The van der Waals surface area contributed by atoms with Gasteiger partial charge >= 0.3 is 17.9 Å². The fraction of sp³-hybridized carbons (Fsp3) is 0.519. The molecule has 1 atom stereocenters. The van der Waals surface area contributed by atoms with E-state index in [-0.39, 0.29) is 37.5 Å². The number of hydrogen-bond acceptors (Lipinski definition) is 6. The molecule has 0 aliphatic carbocycles. The quantitative estimate of drug-likeness (QED) is 0.0261. The zero-order valence-electron chi connectivity index (χ0n) is 52.6. The van der Waals surface area contributed by atoms with E-state index in [1.54, 1.807) is 0 Å². The number of carbonyl (C=O) groups excluding carboxylic acids is 3. The second-order valence-corrected chi connectivity index (χ2v) is 20.5. The summed E-state index contributed by atoms with van der Waals surface area (Å²) in [5.41, 5.74) is 0. The van der Waals surface area contributed by atoms with Crippen molar-refractivity contribution in [2.45, 2.75) is 245 Å². The lowest BCUT2D eigenvalue weighted by molar-refractivity contribution is -0.167. The first-order valence-electron chi connectivity index (χ1n) is 32.6. The maximum Gasteiger partial charge on any atom is 0.306 e. The van der Waals surface area contributed by atoms with Crippen molar-refractivity contribution in [2.24, 2.45) is 0 Å². The average Bonchev–Trinajstić information content (AvgIpc) is 3.49. The zero-order valence-corrected chi connectivity index (χ0v) is 52.6. The molecule has 0 aromatic heterocycles. The predicted octanol–water partition coefficient (Wildman–Crippen LogP) is 22.8. The Hall–Kier alpha value is -6.01. The Kier molecular flexibility index (Phi) is 63.5. The number of unbranched alkanes of at least 4 members (excludes halogenated alkanes) is 11. The molecule has 6 nitrogen and oxygen atoms in total. The molecular weight excluding hydrogens is 1020 g/mol. The van der Waals surface area contributed by atoms with Crippen molar-refractivity contribution in [1.29, 1.82) is 0 Å². The smallest absolute Gasteiger partial charge is 0.306 e. The van der Waals surface area contributed by atoms with Crippen LogP contribution in [0.4, 0.5) is 0 Å². The molecule has 0 saturated carbocycles. The molecule has 0 aliphatic heterocycles. The lowest BCUT2D eigenvalue weighted by atomic mass is 10.1. The van der Waals surface area contributed by atoms with E-state index in [0.717, 1.165) is 180 Å². The predicted molar refractivity (Wildman–Crippen MR) is 361 cm³/mol. The first-order chi connectivity index (χ1) is 41.0. The molecule has 6 heteroatoms. The van der Waals surface area contributed by atoms with Crippen LogP contribution in [0.3, 0.4) is 0 Å². The van der Waals surface area contributed by atoms with E-state index in [2.05, 4.69) is 227 Å². The van der Waals surface area contributed by atoms with Gasteiger partial charge in [-0.05, 0) is 161 Å². The van der Waals surface area contributed by atoms with Gasteiger partial charge in [0.2, 0.25) is 0 Å². The van der Waals surface area contributed by atoms with Crippen LogP contribution in [-0.2, 0) is 28.6 Å². The molecule has 0 saturated heterocycles. The summed E-state index contributed by atoms with van der Waals surface area (Å²) in [5, 5.41) is 0. The van der Waals surface area contributed by atoms with E-state index in [0.29, 0.717) is 19.3 Å². The molecule has 0 amide bonds. The van der Waals surface area contributed by atoms with Gasteiger partial charge in [0.25, 0.3) is 0 Å². The molecule has 0 aromatic carbocycles. The van der Waals surface area contributed by atoms with Crippen LogP contribution in [0.2, 0.25) is 0 Å². The maximum atomic E-state index is 12.9. The highest BCUT2D eigenvalue weighted by atomic mass is 16.6. The average molecular weight is 1140 g/mol. The van der Waals surface area contributed by atoms with Gasteiger partial charge in [0, 0.05) is 19.3 Å². The van der Waals surface area contributed by atoms with Gasteiger partial charge in [-0.15, -0.1) is 0 Å². The van der Waals surface area contributed by atoms with E-state index >= 15 is 0 Å². The molecule has 0 aromatic rings. The van der Waals surface area contributed by atoms with Gasteiger partial charge in [-0.2, -0.15) is 0 Å². The molecule has 0 fully saturated rings. The van der Waals surface area contributed by atoms with Crippen molar-refractivity contribution >= 4 is 17.9 Å². The van der Waals surface area contributed by atoms with Crippen LogP contribution in [0.25, 0.3) is 0 Å². The highest BCUT2D eigenvalue weighted by molar-refractivity contribution is 5.71. The van der Waals surface area contributed by atoms with Gasteiger partial charge in [0.05, 0.1) is 0 Å². The van der Waals surface area contributed by atoms with Crippen LogP contribution in [-0.4, -0.2) is 37.2 Å². The van der Waals surface area contributed by atoms with Crippen molar-refractivity contribution in [3.8, 4) is 0 Å². The summed E-state index contributed by atoms with van der Waals surface area (Å²) in [6.45, 7) is 6.20. The summed E-state index contributed by atoms with van der Waals surface area (Å²) in [5.74, 6) is -1.04. The van der Waals surface area contributed by atoms with Gasteiger partial charge < -0.3 is 14.2 Å². The summed E-state index contributed by atoms with van der Waals surface area (Å²) in [7, 11) is 0. The van der Waals surface area contributed by atoms with Crippen molar-refractivity contribution < 1.29 is 28.6 Å². The highest BCUT2D eigenvalue weighted by Crippen LogP contribution is 2.13. The number of allylic oxidation sites excluding steroid dienone is 34. The largest absolute Gasteiger partial charge is 0.462 e. The Labute approximate surface area is 509 Å². The van der Waals surface area contributed by atoms with E-state index in [1.807, 2.05) is 0 Å². The van der Waals surface area contributed by atoms with Crippen molar-refractivity contribution in [1.82, 2.24) is 0 Å². The lowest BCUT2D eigenvalue weighted by Crippen LogP contribution is -2.30. The van der Waals surface area contributed by atoms with Crippen molar-refractivity contribution in [3.05, 3.63) is 207 Å². The number of esters is 3.